The lowest BCUT2D eigenvalue weighted by Gasteiger charge is -2.03. The normalized spacial score (nSPS) is 10.3. The van der Waals surface area contributed by atoms with Crippen LogP contribution < -0.4 is 0 Å². The van der Waals surface area contributed by atoms with Gasteiger partial charge in [-0.3, -0.25) is 0 Å². The molecule has 0 aliphatic heterocycles. The molecule has 1 N–H and O–H groups in total. The van der Waals surface area contributed by atoms with Crippen molar-refractivity contribution in [2.45, 2.75) is 0 Å². The SMILES string of the molecule is Oc1cnc(Cl)c(-c2ccc(F)cc2)c1. The van der Waals surface area contributed by atoms with Gasteiger partial charge in [0.25, 0.3) is 0 Å². The zero-order valence-corrected chi connectivity index (χ0v) is 8.37. The number of benzene rings is 1. The summed E-state index contributed by atoms with van der Waals surface area (Å²) < 4.78 is 12.7. The fourth-order valence-corrected chi connectivity index (χ4v) is 1.48. The maximum atomic E-state index is 12.7. The van der Waals surface area contributed by atoms with Crippen LogP contribution >= 0.6 is 11.6 Å². The van der Waals surface area contributed by atoms with Gasteiger partial charge in [-0.2, -0.15) is 0 Å². The minimum Gasteiger partial charge on any atom is -0.506 e. The third kappa shape index (κ3) is 2.07. The van der Waals surface area contributed by atoms with Crippen LogP contribution in [0.4, 0.5) is 4.39 Å². The van der Waals surface area contributed by atoms with Gasteiger partial charge >= 0.3 is 0 Å². The van der Waals surface area contributed by atoms with Crippen molar-refractivity contribution in [3.8, 4) is 16.9 Å². The molecule has 0 saturated carbocycles. The summed E-state index contributed by atoms with van der Waals surface area (Å²) in [6, 6.07) is 7.31. The van der Waals surface area contributed by atoms with Crippen molar-refractivity contribution in [3.05, 3.63) is 47.5 Å². The Labute approximate surface area is 91.0 Å². The van der Waals surface area contributed by atoms with Gasteiger partial charge in [0, 0.05) is 5.56 Å². The van der Waals surface area contributed by atoms with E-state index >= 15 is 0 Å². The third-order valence-electron chi connectivity index (χ3n) is 1.98. The van der Waals surface area contributed by atoms with Crippen LogP contribution in [-0.2, 0) is 0 Å². The van der Waals surface area contributed by atoms with Crippen LogP contribution in [-0.4, -0.2) is 10.1 Å². The predicted molar refractivity (Wildman–Crippen MR) is 56.3 cm³/mol. The molecule has 15 heavy (non-hydrogen) atoms. The van der Waals surface area contributed by atoms with E-state index in [0.29, 0.717) is 11.1 Å². The quantitative estimate of drug-likeness (QED) is 0.753. The van der Waals surface area contributed by atoms with Gasteiger partial charge in [-0.05, 0) is 23.8 Å². The van der Waals surface area contributed by atoms with Crippen molar-refractivity contribution in [3.63, 3.8) is 0 Å². The topological polar surface area (TPSA) is 33.1 Å². The van der Waals surface area contributed by atoms with Crippen LogP contribution in [0.3, 0.4) is 0 Å². The van der Waals surface area contributed by atoms with E-state index in [-0.39, 0.29) is 16.7 Å². The van der Waals surface area contributed by atoms with Crippen molar-refractivity contribution >= 4 is 11.6 Å². The van der Waals surface area contributed by atoms with E-state index in [1.807, 2.05) is 0 Å². The molecule has 1 heterocycles. The Hall–Kier alpha value is -1.61. The van der Waals surface area contributed by atoms with Gasteiger partial charge in [-0.15, -0.1) is 0 Å². The second-order valence-corrected chi connectivity index (χ2v) is 3.40. The Morgan fingerprint density at radius 3 is 2.53 bits per heavy atom. The van der Waals surface area contributed by atoms with Crippen molar-refractivity contribution in [1.29, 1.82) is 0 Å². The van der Waals surface area contributed by atoms with Gasteiger partial charge < -0.3 is 5.11 Å². The van der Waals surface area contributed by atoms with E-state index in [2.05, 4.69) is 4.98 Å². The summed E-state index contributed by atoms with van der Waals surface area (Å²) in [5.74, 6) is -0.290. The Bertz CT molecular complexity index is 484. The molecule has 2 nitrogen and oxygen atoms in total. The van der Waals surface area contributed by atoms with E-state index in [4.69, 9.17) is 11.6 Å². The lowest BCUT2D eigenvalue weighted by Crippen LogP contribution is -1.83. The van der Waals surface area contributed by atoms with Gasteiger partial charge in [-0.25, -0.2) is 9.37 Å². The second kappa shape index (κ2) is 3.87. The van der Waals surface area contributed by atoms with Crippen molar-refractivity contribution in [2.24, 2.45) is 0 Å². The van der Waals surface area contributed by atoms with Gasteiger partial charge in [0.2, 0.25) is 0 Å². The molecule has 0 unspecified atom stereocenters. The van der Waals surface area contributed by atoms with E-state index in [1.54, 1.807) is 12.1 Å². The molecular weight excluding hydrogens is 217 g/mol. The van der Waals surface area contributed by atoms with Gasteiger partial charge in [0.1, 0.15) is 16.7 Å². The highest BCUT2D eigenvalue weighted by Gasteiger charge is 2.05. The van der Waals surface area contributed by atoms with E-state index < -0.39 is 0 Å². The Balaban J connectivity index is 2.53. The highest BCUT2D eigenvalue weighted by molar-refractivity contribution is 6.32. The molecule has 2 rings (SSSR count). The van der Waals surface area contributed by atoms with Gasteiger partial charge in [0.05, 0.1) is 6.20 Å². The number of hydrogen-bond acceptors (Lipinski definition) is 2. The first-order chi connectivity index (χ1) is 7.16. The molecule has 0 aliphatic carbocycles. The zero-order valence-electron chi connectivity index (χ0n) is 7.61. The summed E-state index contributed by atoms with van der Waals surface area (Å²) >= 11 is 5.85. The summed E-state index contributed by atoms with van der Waals surface area (Å²) in [5, 5.41) is 9.54. The van der Waals surface area contributed by atoms with E-state index in [1.165, 1.54) is 24.4 Å². The Morgan fingerprint density at radius 2 is 1.87 bits per heavy atom. The molecule has 76 valence electrons. The number of halogens is 2. The summed E-state index contributed by atoms with van der Waals surface area (Å²) in [4.78, 5) is 3.80. The molecule has 1 aromatic carbocycles. The second-order valence-electron chi connectivity index (χ2n) is 3.04. The monoisotopic (exact) mass is 223 g/mol. The third-order valence-corrected chi connectivity index (χ3v) is 2.28. The molecule has 0 bridgehead atoms. The van der Waals surface area contributed by atoms with Crippen molar-refractivity contribution in [2.75, 3.05) is 0 Å². The molecule has 1 aromatic heterocycles. The summed E-state index contributed by atoms with van der Waals surface area (Å²) in [7, 11) is 0. The zero-order chi connectivity index (χ0) is 10.8. The first-order valence-electron chi connectivity index (χ1n) is 4.27. The molecule has 0 aliphatic rings. The van der Waals surface area contributed by atoms with Crippen LogP contribution in [0.2, 0.25) is 5.15 Å². The lowest BCUT2D eigenvalue weighted by molar-refractivity contribution is 0.473. The smallest absolute Gasteiger partial charge is 0.137 e. The van der Waals surface area contributed by atoms with Crippen molar-refractivity contribution < 1.29 is 9.50 Å². The highest BCUT2D eigenvalue weighted by atomic mass is 35.5. The molecule has 2 aromatic rings. The lowest BCUT2D eigenvalue weighted by atomic mass is 10.1. The van der Waals surface area contributed by atoms with Crippen molar-refractivity contribution in [1.82, 2.24) is 4.98 Å². The Morgan fingerprint density at radius 1 is 1.20 bits per heavy atom. The largest absolute Gasteiger partial charge is 0.506 e. The van der Waals surface area contributed by atoms with E-state index in [0.717, 1.165) is 0 Å². The standard InChI is InChI=1S/C11H7ClFNO/c12-11-10(5-9(15)6-14-11)7-1-3-8(13)4-2-7/h1-6,15H. The van der Waals surface area contributed by atoms with Crippen LogP contribution in [0, 0.1) is 5.82 Å². The molecule has 0 amide bonds. The molecule has 0 fully saturated rings. The highest BCUT2D eigenvalue weighted by Crippen LogP contribution is 2.28. The molecule has 0 radical (unpaired) electrons. The summed E-state index contributed by atoms with van der Waals surface area (Å²) in [6.45, 7) is 0. The average Bonchev–Trinajstić information content (AvgIpc) is 2.23. The fraction of sp³-hybridized carbons (Fsp3) is 0. The van der Waals surface area contributed by atoms with Crippen LogP contribution in [0.1, 0.15) is 0 Å². The summed E-state index contributed by atoms with van der Waals surface area (Å²) in [6.07, 6.45) is 1.26. The maximum Gasteiger partial charge on any atom is 0.137 e. The summed E-state index contributed by atoms with van der Waals surface area (Å²) in [5.41, 5.74) is 1.29. The number of aromatic hydroxyl groups is 1. The minimum absolute atomic E-state index is 0.0266. The number of aromatic nitrogens is 1. The van der Waals surface area contributed by atoms with Crippen LogP contribution in [0.25, 0.3) is 11.1 Å². The van der Waals surface area contributed by atoms with E-state index in [9.17, 15) is 9.50 Å². The maximum absolute atomic E-state index is 12.7. The first-order valence-corrected chi connectivity index (χ1v) is 4.65. The number of nitrogens with zero attached hydrogens (tertiary/aromatic N) is 1. The predicted octanol–water partition coefficient (Wildman–Crippen LogP) is 3.25. The number of hydrogen-bond donors (Lipinski definition) is 1. The number of rotatable bonds is 1. The minimum atomic E-state index is -0.317. The number of pyridine rings is 1. The molecular formula is C11H7ClFNO. The fourth-order valence-electron chi connectivity index (χ4n) is 1.27. The van der Waals surface area contributed by atoms with Crippen LogP contribution in [0.15, 0.2) is 36.5 Å². The molecule has 0 saturated heterocycles. The van der Waals surface area contributed by atoms with Gasteiger partial charge in [-0.1, -0.05) is 23.7 Å². The van der Waals surface area contributed by atoms with Crippen LogP contribution in [0.5, 0.6) is 5.75 Å². The molecule has 0 spiro atoms. The molecule has 0 atom stereocenters. The van der Waals surface area contributed by atoms with Gasteiger partial charge in [0.15, 0.2) is 0 Å². The Kier molecular flexibility index (Phi) is 2.56. The average molecular weight is 224 g/mol. The molecule has 4 heteroatoms. The first kappa shape index (κ1) is 9.93.